The quantitative estimate of drug-likeness (QED) is 0.368. The molecule has 10 heteroatoms. The first-order valence-electron chi connectivity index (χ1n) is 12.4. The van der Waals surface area contributed by atoms with E-state index in [0.29, 0.717) is 59.1 Å². The number of methoxy groups -OCH3 is 4. The van der Waals surface area contributed by atoms with Crippen LogP contribution < -0.4 is 29.1 Å². The SMILES string of the molecule is COc1cc(OC)c(CN2C[C@@H](Cc3cc(Cl)ccc3OC)C(=O)NCC2=NOc2ccccc2)c(OC)c1. The molecule has 0 aliphatic carbocycles. The number of nitrogens with one attached hydrogen (secondary N) is 1. The molecule has 1 fully saturated rings. The Morgan fingerprint density at radius 2 is 1.59 bits per heavy atom. The Morgan fingerprint density at radius 1 is 0.897 bits per heavy atom. The number of carbonyl (C=O) groups excluding carboxylic acids is 1. The number of halogens is 1. The van der Waals surface area contributed by atoms with Crippen molar-refractivity contribution < 1.29 is 28.6 Å². The molecule has 0 bridgehead atoms. The van der Waals surface area contributed by atoms with E-state index in [9.17, 15) is 4.79 Å². The molecule has 0 spiro atoms. The van der Waals surface area contributed by atoms with E-state index in [1.807, 2.05) is 41.3 Å². The second kappa shape index (κ2) is 13.1. The number of rotatable bonds is 10. The van der Waals surface area contributed by atoms with Gasteiger partial charge in [0.1, 0.15) is 23.0 Å². The third kappa shape index (κ3) is 6.86. The fourth-order valence-electron chi connectivity index (χ4n) is 4.46. The van der Waals surface area contributed by atoms with Crippen molar-refractivity contribution in [1.29, 1.82) is 0 Å². The van der Waals surface area contributed by atoms with Crippen LogP contribution in [0, 0.1) is 5.92 Å². The molecule has 0 unspecified atom stereocenters. The van der Waals surface area contributed by atoms with Crippen molar-refractivity contribution in [2.45, 2.75) is 13.0 Å². The summed E-state index contributed by atoms with van der Waals surface area (Å²) in [6.45, 7) is 0.859. The lowest BCUT2D eigenvalue weighted by Crippen LogP contribution is -2.36. The zero-order valence-electron chi connectivity index (χ0n) is 22.4. The van der Waals surface area contributed by atoms with Crippen molar-refractivity contribution in [3.63, 3.8) is 0 Å². The van der Waals surface area contributed by atoms with E-state index in [-0.39, 0.29) is 12.5 Å². The molecule has 1 N–H and O–H groups in total. The molecule has 3 aromatic carbocycles. The maximum atomic E-state index is 13.3. The van der Waals surface area contributed by atoms with E-state index in [1.165, 1.54) is 0 Å². The van der Waals surface area contributed by atoms with Crippen molar-refractivity contribution in [3.05, 3.63) is 76.8 Å². The molecule has 3 aromatic rings. The molecule has 0 aromatic heterocycles. The van der Waals surface area contributed by atoms with Crippen LogP contribution in [0.3, 0.4) is 0 Å². The molecule has 1 saturated heterocycles. The van der Waals surface area contributed by atoms with E-state index in [1.54, 1.807) is 52.7 Å². The Kier molecular flexibility index (Phi) is 9.38. The predicted molar refractivity (Wildman–Crippen MR) is 149 cm³/mol. The number of oxime groups is 1. The second-order valence-electron chi connectivity index (χ2n) is 8.88. The third-order valence-electron chi connectivity index (χ3n) is 6.47. The summed E-state index contributed by atoms with van der Waals surface area (Å²) in [4.78, 5) is 21.0. The molecular formula is C29H32ClN3O6. The molecular weight excluding hydrogens is 522 g/mol. The lowest BCUT2D eigenvalue weighted by Gasteiger charge is -2.27. The van der Waals surface area contributed by atoms with Crippen molar-refractivity contribution in [1.82, 2.24) is 10.2 Å². The van der Waals surface area contributed by atoms with Gasteiger partial charge in [0.05, 0.1) is 53.0 Å². The molecule has 4 rings (SSSR count). The lowest BCUT2D eigenvalue weighted by molar-refractivity contribution is -0.124. The number of amides is 1. The number of hydrogen-bond acceptors (Lipinski definition) is 7. The number of hydrogen-bond donors (Lipinski definition) is 1. The van der Waals surface area contributed by atoms with E-state index < -0.39 is 5.92 Å². The Bertz CT molecular complexity index is 1290. The van der Waals surface area contributed by atoms with Crippen LogP contribution in [0.5, 0.6) is 28.7 Å². The van der Waals surface area contributed by atoms with Gasteiger partial charge in [-0.2, -0.15) is 0 Å². The second-order valence-corrected chi connectivity index (χ2v) is 9.31. The van der Waals surface area contributed by atoms with E-state index in [2.05, 4.69) is 10.5 Å². The van der Waals surface area contributed by atoms with Crippen molar-refractivity contribution in [2.75, 3.05) is 41.5 Å². The number of benzene rings is 3. The Hall–Kier alpha value is -4.11. The van der Waals surface area contributed by atoms with Crippen LogP contribution in [0.4, 0.5) is 0 Å². The van der Waals surface area contributed by atoms with Gasteiger partial charge in [-0.3, -0.25) is 4.79 Å². The molecule has 0 radical (unpaired) electrons. The van der Waals surface area contributed by atoms with Crippen molar-refractivity contribution in [3.8, 4) is 28.7 Å². The van der Waals surface area contributed by atoms with Gasteiger partial charge < -0.3 is 34.0 Å². The average molecular weight is 554 g/mol. The summed E-state index contributed by atoms with van der Waals surface area (Å²) in [6, 6.07) is 18.2. The molecule has 206 valence electrons. The Balaban J connectivity index is 1.71. The maximum Gasteiger partial charge on any atom is 0.225 e. The van der Waals surface area contributed by atoms with Crippen LogP contribution >= 0.6 is 11.6 Å². The average Bonchev–Trinajstić information content (AvgIpc) is 3.10. The molecule has 1 amide bonds. The van der Waals surface area contributed by atoms with Gasteiger partial charge in [0.2, 0.25) is 5.91 Å². The van der Waals surface area contributed by atoms with E-state index >= 15 is 0 Å². The highest BCUT2D eigenvalue weighted by molar-refractivity contribution is 6.30. The van der Waals surface area contributed by atoms with Crippen LogP contribution in [-0.2, 0) is 17.8 Å². The van der Waals surface area contributed by atoms with Gasteiger partial charge in [0, 0.05) is 23.7 Å². The number of amidine groups is 1. The summed E-state index contributed by atoms with van der Waals surface area (Å²) in [5, 5.41) is 8.00. The lowest BCUT2D eigenvalue weighted by atomic mass is 9.97. The number of nitrogens with zero attached hydrogens (tertiary/aromatic N) is 2. The van der Waals surface area contributed by atoms with Crippen molar-refractivity contribution in [2.24, 2.45) is 11.1 Å². The summed E-state index contributed by atoms with van der Waals surface area (Å²) < 4.78 is 22.3. The number of carbonyl (C=O) groups is 1. The van der Waals surface area contributed by atoms with Crippen LogP contribution in [-0.4, -0.2) is 58.2 Å². The van der Waals surface area contributed by atoms with Gasteiger partial charge >= 0.3 is 0 Å². The van der Waals surface area contributed by atoms with Crippen LogP contribution in [0.15, 0.2) is 65.8 Å². The summed E-state index contributed by atoms with van der Waals surface area (Å²) in [6.07, 6.45) is 0.412. The first kappa shape index (κ1) is 27.9. The van der Waals surface area contributed by atoms with Crippen molar-refractivity contribution >= 4 is 23.3 Å². The highest BCUT2D eigenvalue weighted by Gasteiger charge is 2.31. The minimum absolute atomic E-state index is 0.111. The standard InChI is InChI=1S/C29H32ClN3O6/c1-35-23-14-26(37-3)24(27(15-23)38-4)18-33-17-20(12-19-13-21(30)10-11-25(19)36-2)29(34)31-16-28(33)32-39-22-8-6-5-7-9-22/h5-11,13-15,20H,12,16-18H2,1-4H3,(H,31,34)/t20-/m1/s1. The monoisotopic (exact) mass is 553 g/mol. The van der Waals surface area contributed by atoms with Gasteiger partial charge in [0.25, 0.3) is 0 Å². The number of ether oxygens (including phenoxy) is 4. The van der Waals surface area contributed by atoms with Gasteiger partial charge in [-0.1, -0.05) is 35.0 Å². The first-order valence-corrected chi connectivity index (χ1v) is 12.8. The molecule has 9 nitrogen and oxygen atoms in total. The summed E-state index contributed by atoms with van der Waals surface area (Å²) in [5.74, 6) is 3.04. The van der Waals surface area contributed by atoms with E-state index in [0.717, 1.165) is 11.1 Å². The maximum absolute atomic E-state index is 13.3. The van der Waals surface area contributed by atoms with Crippen LogP contribution in [0.25, 0.3) is 0 Å². The normalized spacial score (nSPS) is 16.3. The molecule has 0 saturated carbocycles. The minimum atomic E-state index is -0.433. The minimum Gasteiger partial charge on any atom is -0.496 e. The summed E-state index contributed by atoms with van der Waals surface area (Å²) in [7, 11) is 6.36. The first-order chi connectivity index (χ1) is 18.9. The van der Waals surface area contributed by atoms with E-state index in [4.69, 9.17) is 35.4 Å². The highest BCUT2D eigenvalue weighted by atomic mass is 35.5. The fraction of sp³-hybridized carbons (Fsp3) is 0.310. The molecule has 1 aliphatic heterocycles. The van der Waals surface area contributed by atoms with Gasteiger partial charge in [-0.25, -0.2) is 0 Å². The molecule has 1 atom stereocenters. The van der Waals surface area contributed by atoms with Gasteiger partial charge in [0.15, 0.2) is 11.6 Å². The Morgan fingerprint density at radius 3 is 2.23 bits per heavy atom. The van der Waals surface area contributed by atoms with Crippen LogP contribution in [0.2, 0.25) is 5.02 Å². The largest absolute Gasteiger partial charge is 0.496 e. The van der Waals surface area contributed by atoms with Gasteiger partial charge in [-0.05, 0) is 42.3 Å². The smallest absolute Gasteiger partial charge is 0.225 e. The number of para-hydroxylation sites is 1. The zero-order chi connectivity index (χ0) is 27.8. The van der Waals surface area contributed by atoms with Gasteiger partial charge in [-0.15, -0.1) is 0 Å². The molecule has 39 heavy (non-hydrogen) atoms. The highest BCUT2D eigenvalue weighted by Crippen LogP contribution is 2.36. The summed E-state index contributed by atoms with van der Waals surface area (Å²) >= 11 is 6.27. The Labute approximate surface area is 233 Å². The fourth-order valence-corrected chi connectivity index (χ4v) is 4.66. The molecule has 1 heterocycles. The molecule has 1 aliphatic rings. The summed E-state index contributed by atoms with van der Waals surface area (Å²) in [5.41, 5.74) is 1.62. The predicted octanol–water partition coefficient (Wildman–Crippen LogP) is 4.56. The topological polar surface area (TPSA) is 90.9 Å². The third-order valence-corrected chi connectivity index (χ3v) is 6.71. The van der Waals surface area contributed by atoms with Crippen LogP contribution in [0.1, 0.15) is 11.1 Å². The zero-order valence-corrected chi connectivity index (χ0v) is 23.2.